The Hall–Kier alpha value is -2.08. The highest BCUT2D eigenvalue weighted by Gasteiger charge is 2.25. The lowest BCUT2D eigenvalue weighted by atomic mass is 10.1. The third-order valence-corrected chi connectivity index (χ3v) is 2.74. The van der Waals surface area contributed by atoms with Gasteiger partial charge in [0.05, 0.1) is 13.2 Å². The maximum Gasteiger partial charge on any atom is 0.327 e. The molecule has 0 bridgehead atoms. The molecule has 0 saturated carbocycles. The van der Waals surface area contributed by atoms with E-state index in [4.69, 9.17) is 5.11 Å². The van der Waals surface area contributed by atoms with E-state index in [-0.39, 0.29) is 17.7 Å². The van der Waals surface area contributed by atoms with Gasteiger partial charge >= 0.3 is 5.69 Å². The number of nitrogens with zero attached hydrogens (tertiary/aromatic N) is 3. The Morgan fingerprint density at radius 2 is 1.85 bits per heavy atom. The van der Waals surface area contributed by atoms with Crippen molar-refractivity contribution in [3.63, 3.8) is 0 Å². The maximum atomic E-state index is 11.4. The van der Waals surface area contributed by atoms with Gasteiger partial charge in [0.2, 0.25) is 0 Å². The summed E-state index contributed by atoms with van der Waals surface area (Å²) >= 11 is 0. The largest absolute Gasteiger partial charge is 0.394 e. The van der Waals surface area contributed by atoms with E-state index in [1.165, 1.54) is 0 Å². The monoisotopic (exact) mass is 287 g/mol. The highest BCUT2D eigenvalue weighted by atomic mass is 16.4. The average molecular weight is 287 g/mol. The van der Waals surface area contributed by atoms with E-state index in [9.17, 15) is 24.9 Å². The highest BCUT2D eigenvalue weighted by Crippen LogP contribution is 2.06. The lowest BCUT2D eigenvalue weighted by Gasteiger charge is -2.21. The van der Waals surface area contributed by atoms with Crippen LogP contribution >= 0.6 is 0 Å². The van der Waals surface area contributed by atoms with E-state index < -0.39 is 36.2 Å². The SMILES string of the molecule is O=c1[nH]c(=O)c2nnn(C[C@H](O)[C@H](O)[C@H](O)CO)c2[nH]1. The third kappa shape index (κ3) is 2.60. The molecule has 0 aromatic carbocycles. The lowest BCUT2D eigenvalue weighted by Crippen LogP contribution is -2.41. The first-order chi connectivity index (χ1) is 9.43. The molecule has 3 atom stereocenters. The van der Waals surface area contributed by atoms with Gasteiger partial charge in [0, 0.05) is 0 Å². The van der Waals surface area contributed by atoms with Crippen LogP contribution in [0.4, 0.5) is 0 Å². The van der Waals surface area contributed by atoms with Crippen molar-refractivity contribution in [1.29, 1.82) is 0 Å². The van der Waals surface area contributed by atoms with Crippen molar-refractivity contribution in [2.45, 2.75) is 24.9 Å². The molecule has 2 rings (SSSR count). The molecule has 0 aliphatic carbocycles. The zero-order valence-corrected chi connectivity index (χ0v) is 10.1. The Balaban J connectivity index is 2.31. The first kappa shape index (κ1) is 14.3. The third-order valence-electron chi connectivity index (χ3n) is 2.74. The molecule has 0 spiro atoms. The second-order valence-corrected chi connectivity index (χ2v) is 4.18. The Bertz CT molecular complexity index is 705. The minimum atomic E-state index is -1.62. The van der Waals surface area contributed by atoms with Crippen molar-refractivity contribution in [1.82, 2.24) is 25.0 Å². The summed E-state index contributed by atoms with van der Waals surface area (Å²) in [5, 5.41) is 44.2. The topological polar surface area (TPSA) is 177 Å². The van der Waals surface area contributed by atoms with Crippen LogP contribution in [0.2, 0.25) is 0 Å². The van der Waals surface area contributed by atoms with E-state index >= 15 is 0 Å². The van der Waals surface area contributed by atoms with E-state index in [2.05, 4.69) is 15.3 Å². The summed E-state index contributed by atoms with van der Waals surface area (Å²) in [5.41, 5.74) is -1.66. The maximum absolute atomic E-state index is 11.4. The van der Waals surface area contributed by atoms with Crippen molar-refractivity contribution in [2.24, 2.45) is 0 Å². The van der Waals surface area contributed by atoms with Gasteiger partial charge in [-0.1, -0.05) is 5.21 Å². The molecule has 2 heterocycles. The predicted octanol–water partition coefficient (Wildman–Crippen LogP) is -4.12. The van der Waals surface area contributed by atoms with Gasteiger partial charge in [-0.2, -0.15) is 0 Å². The Kier molecular flexibility index (Phi) is 3.94. The molecule has 6 N–H and O–H groups in total. The van der Waals surface area contributed by atoms with Gasteiger partial charge < -0.3 is 20.4 Å². The first-order valence-corrected chi connectivity index (χ1v) is 5.65. The number of H-pyrrole nitrogens is 2. The fourth-order valence-corrected chi connectivity index (χ4v) is 1.67. The standard InChI is InChI=1S/C9H13N5O6/c15-2-4(17)6(18)3(16)1-14-7-5(12-13-14)8(19)11-9(20)10-7/h3-4,6,15-18H,1-2H2,(H2,10,11,19,20)/t3-,4+,6-/m0/s1. The zero-order valence-electron chi connectivity index (χ0n) is 10.1. The molecule has 11 nitrogen and oxygen atoms in total. The van der Waals surface area contributed by atoms with Crippen LogP contribution in [-0.2, 0) is 6.54 Å². The van der Waals surface area contributed by atoms with Crippen LogP contribution in [0.1, 0.15) is 0 Å². The molecule has 110 valence electrons. The van der Waals surface area contributed by atoms with Crippen LogP contribution in [0.15, 0.2) is 9.59 Å². The summed E-state index contributed by atoms with van der Waals surface area (Å²) in [6.45, 7) is -1.07. The number of aromatic amines is 2. The van der Waals surface area contributed by atoms with Gasteiger partial charge in [-0.25, -0.2) is 9.48 Å². The smallest absolute Gasteiger partial charge is 0.327 e. The van der Waals surface area contributed by atoms with Gasteiger partial charge in [0.15, 0.2) is 11.2 Å². The van der Waals surface area contributed by atoms with E-state index in [1.54, 1.807) is 0 Å². The second kappa shape index (κ2) is 5.50. The van der Waals surface area contributed by atoms with Crippen molar-refractivity contribution >= 4 is 11.2 Å². The molecule has 2 aromatic heterocycles. The van der Waals surface area contributed by atoms with Crippen LogP contribution in [0.25, 0.3) is 11.2 Å². The van der Waals surface area contributed by atoms with Crippen LogP contribution in [0.3, 0.4) is 0 Å². The highest BCUT2D eigenvalue weighted by molar-refractivity contribution is 5.67. The number of aliphatic hydroxyl groups is 4. The number of aromatic nitrogens is 5. The van der Waals surface area contributed by atoms with Crippen LogP contribution in [-0.4, -0.2) is 70.3 Å². The van der Waals surface area contributed by atoms with E-state index in [1.807, 2.05) is 4.98 Å². The minimum absolute atomic E-state index is 0.0245. The summed E-state index contributed by atoms with van der Waals surface area (Å²) in [6, 6.07) is 0. The van der Waals surface area contributed by atoms with Crippen LogP contribution in [0.5, 0.6) is 0 Å². The molecular formula is C9H13N5O6. The van der Waals surface area contributed by atoms with Gasteiger partial charge in [-0.15, -0.1) is 5.10 Å². The Labute approximate surface area is 110 Å². The number of rotatable bonds is 5. The predicted molar refractivity (Wildman–Crippen MR) is 63.9 cm³/mol. The molecule has 0 radical (unpaired) electrons. The van der Waals surface area contributed by atoms with E-state index in [0.29, 0.717) is 0 Å². The van der Waals surface area contributed by atoms with Gasteiger partial charge in [0.1, 0.15) is 18.3 Å². The lowest BCUT2D eigenvalue weighted by molar-refractivity contribution is -0.0812. The fourth-order valence-electron chi connectivity index (χ4n) is 1.67. The van der Waals surface area contributed by atoms with Crippen molar-refractivity contribution in [3.8, 4) is 0 Å². The summed E-state index contributed by atoms with van der Waals surface area (Å²) in [5.74, 6) is 0. The molecule has 20 heavy (non-hydrogen) atoms. The number of nitrogens with one attached hydrogen (secondary N) is 2. The second-order valence-electron chi connectivity index (χ2n) is 4.18. The van der Waals surface area contributed by atoms with Gasteiger partial charge in [0.25, 0.3) is 5.56 Å². The first-order valence-electron chi connectivity index (χ1n) is 5.65. The number of hydrogen-bond acceptors (Lipinski definition) is 8. The number of fused-ring (bicyclic) bond motifs is 1. The molecule has 0 saturated heterocycles. The normalized spacial score (nSPS) is 16.2. The molecular weight excluding hydrogens is 274 g/mol. The molecule has 11 heteroatoms. The van der Waals surface area contributed by atoms with Crippen LogP contribution < -0.4 is 11.2 Å². The molecule has 0 aliphatic heterocycles. The number of aliphatic hydroxyl groups excluding tert-OH is 4. The summed E-state index contributed by atoms with van der Waals surface area (Å²) < 4.78 is 1.00. The van der Waals surface area contributed by atoms with Crippen molar-refractivity contribution in [2.75, 3.05) is 6.61 Å². The quantitative estimate of drug-likeness (QED) is 0.321. The molecule has 2 aromatic rings. The fraction of sp³-hybridized carbons (Fsp3) is 0.556. The molecule has 0 unspecified atom stereocenters. The van der Waals surface area contributed by atoms with Crippen LogP contribution in [0, 0.1) is 0 Å². The zero-order chi connectivity index (χ0) is 14.9. The summed E-state index contributed by atoms with van der Waals surface area (Å²) in [6.07, 6.45) is -4.62. The van der Waals surface area contributed by atoms with Crippen molar-refractivity contribution < 1.29 is 20.4 Å². The molecule has 0 fully saturated rings. The average Bonchev–Trinajstić information content (AvgIpc) is 2.80. The minimum Gasteiger partial charge on any atom is -0.394 e. The van der Waals surface area contributed by atoms with Crippen molar-refractivity contribution in [3.05, 3.63) is 20.8 Å². The summed E-state index contributed by atoms with van der Waals surface area (Å²) in [4.78, 5) is 26.8. The Morgan fingerprint density at radius 1 is 1.15 bits per heavy atom. The molecule has 0 aliphatic rings. The van der Waals surface area contributed by atoms with E-state index in [0.717, 1.165) is 4.68 Å². The van der Waals surface area contributed by atoms with Gasteiger partial charge in [-0.05, 0) is 0 Å². The molecule has 0 amide bonds. The van der Waals surface area contributed by atoms with Gasteiger partial charge in [-0.3, -0.25) is 14.8 Å². The number of hydrogen-bond donors (Lipinski definition) is 6. The summed E-state index contributed by atoms with van der Waals surface area (Å²) in [7, 11) is 0. The Morgan fingerprint density at radius 3 is 2.50 bits per heavy atom.